The number of benzene rings is 1. The molecule has 7 heteroatoms. The summed E-state index contributed by atoms with van der Waals surface area (Å²) in [6.45, 7) is 1.93. The highest BCUT2D eigenvalue weighted by Crippen LogP contribution is 2.39. The van der Waals surface area contributed by atoms with Crippen molar-refractivity contribution in [1.82, 2.24) is 0 Å². The van der Waals surface area contributed by atoms with Crippen molar-refractivity contribution in [1.29, 1.82) is 0 Å². The van der Waals surface area contributed by atoms with E-state index in [1.807, 2.05) is 6.92 Å². The van der Waals surface area contributed by atoms with Gasteiger partial charge in [-0.3, -0.25) is 4.79 Å². The van der Waals surface area contributed by atoms with Gasteiger partial charge < -0.3 is 21.0 Å². The normalized spacial score (nSPS) is 22.1. The summed E-state index contributed by atoms with van der Waals surface area (Å²) >= 11 is 1.64. The first-order chi connectivity index (χ1) is 10.0. The second kappa shape index (κ2) is 6.26. The second-order valence-electron chi connectivity index (χ2n) is 5.01. The van der Waals surface area contributed by atoms with Crippen LogP contribution in [0.15, 0.2) is 23.4 Å². The van der Waals surface area contributed by atoms with Gasteiger partial charge in [0.05, 0.1) is 17.5 Å². The van der Waals surface area contributed by atoms with E-state index >= 15 is 0 Å². The molecule has 1 unspecified atom stereocenters. The molecule has 1 fully saturated rings. The van der Waals surface area contributed by atoms with Crippen molar-refractivity contribution in [3.05, 3.63) is 23.8 Å². The largest absolute Gasteiger partial charge is 0.495 e. The highest BCUT2D eigenvalue weighted by Gasteiger charge is 2.37. The molecule has 1 saturated heterocycles. The van der Waals surface area contributed by atoms with E-state index in [9.17, 15) is 4.79 Å². The number of nitrogens with two attached hydrogens (primary N) is 1. The number of para-hydroxylation sites is 1. The van der Waals surface area contributed by atoms with Gasteiger partial charge in [-0.25, -0.2) is 0 Å². The fourth-order valence-electron chi connectivity index (χ4n) is 2.30. The van der Waals surface area contributed by atoms with E-state index in [1.54, 1.807) is 30.0 Å². The van der Waals surface area contributed by atoms with Gasteiger partial charge >= 0.3 is 0 Å². The minimum absolute atomic E-state index is 0.0755. The molecule has 0 aliphatic carbocycles. The fraction of sp³-hybridized carbons (Fsp3) is 0.429. The lowest BCUT2D eigenvalue weighted by atomic mass is 10.0. The monoisotopic (exact) mass is 309 g/mol. The van der Waals surface area contributed by atoms with Gasteiger partial charge in [-0.2, -0.15) is 0 Å². The molecule has 0 aromatic heterocycles. The number of methoxy groups -OCH3 is 1. The van der Waals surface area contributed by atoms with Crippen LogP contribution in [-0.4, -0.2) is 34.6 Å². The summed E-state index contributed by atoms with van der Waals surface area (Å²) in [5, 5.41) is 14.7. The number of amidine groups is 1. The molecule has 21 heavy (non-hydrogen) atoms. The lowest BCUT2D eigenvalue weighted by molar-refractivity contribution is -0.118. The number of carbonyl (C=O) groups excluding carboxylic acids is 1. The second-order valence-corrected chi connectivity index (χ2v) is 6.60. The van der Waals surface area contributed by atoms with Crippen LogP contribution in [0.5, 0.6) is 5.75 Å². The molecule has 6 nitrogen and oxygen atoms in total. The molecule has 1 aromatic carbocycles. The number of nitrogens with one attached hydrogen (secondary N) is 1. The Morgan fingerprint density at radius 2 is 2.33 bits per heavy atom. The first-order valence-electron chi connectivity index (χ1n) is 6.62. The molecule has 114 valence electrons. The van der Waals surface area contributed by atoms with Crippen molar-refractivity contribution in [2.24, 2.45) is 10.9 Å². The minimum Gasteiger partial charge on any atom is -0.495 e. The van der Waals surface area contributed by atoms with E-state index < -0.39 is 4.75 Å². The third-order valence-corrected chi connectivity index (χ3v) is 5.09. The van der Waals surface area contributed by atoms with Crippen LogP contribution in [0.25, 0.3) is 0 Å². The molecule has 1 aliphatic rings. The highest BCUT2D eigenvalue weighted by molar-refractivity contribution is 8.01. The van der Waals surface area contributed by atoms with E-state index in [2.05, 4.69) is 10.5 Å². The van der Waals surface area contributed by atoms with E-state index in [4.69, 9.17) is 15.7 Å². The molecule has 1 aliphatic heterocycles. The zero-order valence-electron chi connectivity index (χ0n) is 12.0. The Balaban J connectivity index is 2.36. The van der Waals surface area contributed by atoms with Gasteiger partial charge in [0, 0.05) is 5.56 Å². The standard InChI is InChI=1S/C14H19N3O3S/c1-14(7-4-8-21-14)13(18)16-11-9(12(15)17-19)5-3-6-10(11)20-2/h3,5-6,19H,4,7-8H2,1-2H3,(H2,15,17)(H,16,18). The van der Waals surface area contributed by atoms with Crippen molar-refractivity contribution in [3.8, 4) is 5.75 Å². The number of amides is 1. The number of carbonyl (C=O) groups is 1. The summed E-state index contributed by atoms with van der Waals surface area (Å²) in [6, 6.07) is 5.10. The maximum atomic E-state index is 12.5. The van der Waals surface area contributed by atoms with Crippen LogP contribution < -0.4 is 15.8 Å². The number of ether oxygens (including phenoxy) is 1. The number of hydrogen-bond acceptors (Lipinski definition) is 5. The Labute approximate surface area is 127 Å². The third kappa shape index (κ3) is 3.07. The van der Waals surface area contributed by atoms with Crippen LogP contribution in [0.3, 0.4) is 0 Å². The molecule has 0 saturated carbocycles. The third-order valence-electron chi connectivity index (χ3n) is 3.57. The maximum absolute atomic E-state index is 12.5. The lowest BCUT2D eigenvalue weighted by Gasteiger charge is -2.23. The summed E-state index contributed by atoms with van der Waals surface area (Å²) in [5.41, 5.74) is 6.52. The van der Waals surface area contributed by atoms with Gasteiger partial charge in [0.2, 0.25) is 5.91 Å². The van der Waals surface area contributed by atoms with Gasteiger partial charge in [-0.1, -0.05) is 11.2 Å². The van der Waals surface area contributed by atoms with Gasteiger partial charge in [0.25, 0.3) is 0 Å². The Morgan fingerprint density at radius 1 is 1.57 bits per heavy atom. The van der Waals surface area contributed by atoms with Crippen LogP contribution in [0.4, 0.5) is 5.69 Å². The quantitative estimate of drug-likeness (QED) is 0.342. The van der Waals surface area contributed by atoms with E-state index in [1.165, 1.54) is 7.11 Å². The topological polar surface area (TPSA) is 96.9 Å². The van der Waals surface area contributed by atoms with Crippen molar-refractivity contribution in [2.45, 2.75) is 24.5 Å². The molecular weight excluding hydrogens is 290 g/mol. The van der Waals surface area contributed by atoms with Crippen molar-refractivity contribution < 1.29 is 14.7 Å². The Bertz CT molecular complexity index is 569. The fourth-order valence-corrected chi connectivity index (χ4v) is 3.51. The highest BCUT2D eigenvalue weighted by atomic mass is 32.2. The van der Waals surface area contributed by atoms with Crippen molar-refractivity contribution in [2.75, 3.05) is 18.2 Å². The summed E-state index contributed by atoms with van der Waals surface area (Å²) in [7, 11) is 1.51. The molecule has 1 atom stereocenters. The lowest BCUT2D eigenvalue weighted by Crippen LogP contribution is -2.35. The van der Waals surface area contributed by atoms with Crippen LogP contribution in [0, 0.1) is 0 Å². The predicted molar refractivity (Wildman–Crippen MR) is 84.2 cm³/mol. The van der Waals surface area contributed by atoms with Gasteiger partial charge in [0.15, 0.2) is 5.84 Å². The zero-order chi connectivity index (χ0) is 15.5. The van der Waals surface area contributed by atoms with Crippen molar-refractivity contribution in [3.63, 3.8) is 0 Å². The maximum Gasteiger partial charge on any atom is 0.240 e. The zero-order valence-corrected chi connectivity index (χ0v) is 12.9. The van der Waals surface area contributed by atoms with Gasteiger partial charge in [0.1, 0.15) is 5.75 Å². The summed E-state index contributed by atoms with van der Waals surface area (Å²) in [6.07, 6.45) is 1.85. The first kappa shape index (κ1) is 15.5. The van der Waals surface area contributed by atoms with Crippen LogP contribution in [-0.2, 0) is 4.79 Å². The van der Waals surface area contributed by atoms with E-state index in [-0.39, 0.29) is 11.7 Å². The van der Waals surface area contributed by atoms with E-state index in [0.29, 0.717) is 17.0 Å². The number of rotatable bonds is 4. The number of nitrogens with zero attached hydrogens (tertiary/aromatic N) is 1. The Hall–Kier alpha value is -1.89. The Morgan fingerprint density at radius 3 is 2.90 bits per heavy atom. The summed E-state index contributed by atoms with van der Waals surface area (Å²) in [5.74, 6) is 1.28. The Kier molecular flexibility index (Phi) is 4.62. The average molecular weight is 309 g/mol. The SMILES string of the molecule is COc1cccc(/C(N)=N/O)c1NC(=O)C1(C)CCCS1. The number of oxime groups is 1. The van der Waals surface area contributed by atoms with E-state index in [0.717, 1.165) is 18.6 Å². The van der Waals surface area contributed by atoms with Crippen LogP contribution in [0.2, 0.25) is 0 Å². The molecule has 1 heterocycles. The molecule has 0 bridgehead atoms. The smallest absolute Gasteiger partial charge is 0.240 e. The summed E-state index contributed by atoms with van der Waals surface area (Å²) in [4.78, 5) is 12.5. The van der Waals surface area contributed by atoms with Crippen LogP contribution >= 0.6 is 11.8 Å². The molecule has 0 radical (unpaired) electrons. The summed E-state index contributed by atoms with van der Waals surface area (Å²) < 4.78 is 4.81. The molecule has 1 amide bonds. The number of anilines is 1. The van der Waals surface area contributed by atoms with Crippen LogP contribution in [0.1, 0.15) is 25.3 Å². The number of thioether (sulfide) groups is 1. The minimum atomic E-state index is -0.455. The predicted octanol–water partition coefficient (Wildman–Crippen LogP) is 2.01. The van der Waals surface area contributed by atoms with Crippen molar-refractivity contribution >= 4 is 29.2 Å². The molecular formula is C14H19N3O3S. The average Bonchev–Trinajstić information content (AvgIpc) is 2.94. The molecule has 2 rings (SSSR count). The number of hydrogen-bond donors (Lipinski definition) is 3. The molecule has 0 spiro atoms. The molecule has 4 N–H and O–H groups in total. The first-order valence-corrected chi connectivity index (χ1v) is 7.60. The van der Waals surface area contributed by atoms with Gasteiger partial charge in [-0.15, -0.1) is 11.8 Å². The van der Waals surface area contributed by atoms with Gasteiger partial charge in [-0.05, 0) is 37.7 Å². The molecule has 1 aromatic rings.